The summed E-state index contributed by atoms with van der Waals surface area (Å²) in [5.41, 5.74) is 0. The van der Waals surface area contributed by atoms with Crippen molar-refractivity contribution in [2.45, 2.75) is 46.5 Å². The summed E-state index contributed by atoms with van der Waals surface area (Å²) in [6.45, 7) is 6.94. The molecule has 0 aromatic carbocycles. The van der Waals surface area contributed by atoms with Crippen molar-refractivity contribution in [3.05, 3.63) is 0 Å². The van der Waals surface area contributed by atoms with E-state index < -0.39 is 0 Å². The second kappa shape index (κ2) is 7.38. The predicted octanol–water partition coefficient (Wildman–Crippen LogP) is 4.27. The third-order valence-electron chi connectivity index (χ3n) is 2.57. The number of hydrogen-bond acceptors (Lipinski definition) is 0. The standard InChI is InChI=1S/C10H21I/c1-4-7-9(5-2)10(6-3)8-11/h9-10H,4-8H2,1-3H3. The van der Waals surface area contributed by atoms with Crippen molar-refractivity contribution in [3.8, 4) is 0 Å². The molecule has 0 rings (SSSR count). The molecule has 0 amide bonds. The van der Waals surface area contributed by atoms with Crippen LogP contribution in [-0.2, 0) is 0 Å². The molecule has 0 aliphatic heterocycles. The highest BCUT2D eigenvalue weighted by Gasteiger charge is 2.15. The Balaban J connectivity index is 3.76. The summed E-state index contributed by atoms with van der Waals surface area (Å²) >= 11 is 2.53. The van der Waals surface area contributed by atoms with Gasteiger partial charge in [-0.25, -0.2) is 0 Å². The van der Waals surface area contributed by atoms with E-state index in [1.54, 1.807) is 0 Å². The average Bonchev–Trinajstić information content (AvgIpc) is 2.05. The molecule has 1 heteroatoms. The lowest BCUT2D eigenvalue weighted by Gasteiger charge is -2.22. The van der Waals surface area contributed by atoms with E-state index in [4.69, 9.17) is 0 Å². The minimum Gasteiger partial charge on any atom is -0.0861 e. The summed E-state index contributed by atoms with van der Waals surface area (Å²) in [6, 6.07) is 0. The fourth-order valence-electron chi connectivity index (χ4n) is 1.71. The van der Waals surface area contributed by atoms with Crippen molar-refractivity contribution in [1.29, 1.82) is 0 Å². The molecular weight excluding hydrogens is 247 g/mol. The summed E-state index contributed by atoms with van der Waals surface area (Å²) in [6.07, 6.45) is 5.51. The van der Waals surface area contributed by atoms with Crippen molar-refractivity contribution in [1.82, 2.24) is 0 Å². The predicted molar refractivity (Wildman–Crippen MR) is 61.4 cm³/mol. The lowest BCUT2D eigenvalue weighted by atomic mass is 9.86. The fraction of sp³-hybridized carbons (Fsp3) is 1.00. The lowest BCUT2D eigenvalue weighted by molar-refractivity contribution is 0.324. The summed E-state index contributed by atoms with van der Waals surface area (Å²) in [5.74, 6) is 1.96. The molecule has 68 valence electrons. The highest BCUT2D eigenvalue weighted by atomic mass is 127. The van der Waals surface area contributed by atoms with Crippen LogP contribution in [0.3, 0.4) is 0 Å². The van der Waals surface area contributed by atoms with E-state index >= 15 is 0 Å². The summed E-state index contributed by atoms with van der Waals surface area (Å²) < 4.78 is 1.34. The van der Waals surface area contributed by atoms with Gasteiger partial charge in [-0.2, -0.15) is 0 Å². The maximum absolute atomic E-state index is 2.53. The van der Waals surface area contributed by atoms with Crippen LogP contribution in [0.2, 0.25) is 0 Å². The number of alkyl halides is 1. The molecule has 0 aromatic heterocycles. The van der Waals surface area contributed by atoms with Crippen LogP contribution < -0.4 is 0 Å². The first-order valence-corrected chi connectivity index (χ1v) is 6.38. The van der Waals surface area contributed by atoms with E-state index in [0.717, 1.165) is 11.8 Å². The number of rotatable bonds is 6. The van der Waals surface area contributed by atoms with E-state index in [2.05, 4.69) is 43.4 Å². The average molecular weight is 268 g/mol. The molecule has 0 fully saturated rings. The molecule has 0 saturated carbocycles. The molecule has 11 heavy (non-hydrogen) atoms. The van der Waals surface area contributed by atoms with Crippen LogP contribution >= 0.6 is 22.6 Å². The topological polar surface area (TPSA) is 0 Å². The molecule has 0 N–H and O–H groups in total. The van der Waals surface area contributed by atoms with Gasteiger partial charge >= 0.3 is 0 Å². The van der Waals surface area contributed by atoms with Gasteiger partial charge < -0.3 is 0 Å². The zero-order valence-corrected chi connectivity index (χ0v) is 10.2. The van der Waals surface area contributed by atoms with Gasteiger partial charge in [0.05, 0.1) is 0 Å². The van der Waals surface area contributed by atoms with Gasteiger partial charge in [0.15, 0.2) is 0 Å². The number of halogens is 1. The zero-order chi connectivity index (χ0) is 8.69. The Hall–Kier alpha value is 0.730. The van der Waals surface area contributed by atoms with Crippen LogP contribution in [0.5, 0.6) is 0 Å². The second-order valence-electron chi connectivity index (χ2n) is 3.28. The molecule has 0 heterocycles. The highest BCUT2D eigenvalue weighted by molar-refractivity contribution is 14.1. The van der Waals surface area contributed by atoms with Crippen LogP contribution in [0, 0.1) is 11.8 Å². The fourth-order valence-corrected chi connectivity index (χ4v) is 3.05. The van der Waals surface area contributed by atoms with Gasteiger partial charge in [-0.1, -0.05) is 69.0 Å². The molecule has 0 aliphatic carbocycles. The Morgan fingerprint density at radius 1 is 1.00 bits per heavy atom. The molecule has 2 unspecified atom stereocenters. The van der Waals surface area contributed by atoms with Crippen molar-refractivity contribution in [3.63, 3.8) is 0 Å². The summed E-state index contributed by atoms with van der Waals surface area (Å²) in [5, 5.41) is 0. The van der Waals surface area contributed by atoms with Gasteiger partial charge in [0.2, 0.25) is 0 Å². The van der Waals surface area contributed by atoms with Crippen molar-refractivity contribution in [2.24, 2.45) is 11.8 Å². The Morgan fingerprint density at radius 2 is 1.55 bits per heavy atom. The molecular formula is C10H21I. The van der Waals surface area contributed by atoms with Crippen LogP contribution in [0.4, 0.5) is 0 Å². The van der Waals surface area contributed by atoms with E-state index in [-0.39, 0.29) is 0 Å². The lowest BCUT2D eigenvalue weighted by Crippen LogP contribution is -2.14. The SMILES string of the molecule is CCCC(CC)C(CC)CI. The third kappa shape index (κ3) is 4.34. The molecule has 0 spiro atoms. The Morgan fingerprint density at radius 3 is 1.82 bits per heavy atom. The Labute approximate surface area is 85.3 Å². The van der Waals surface area contributed by atoms with E-state index in [1.165, 1.54) is 30.1 Å². The van der Waals surface area contributed by atoms with Crippen molar-refractivity contribution in [2.75, 3.05) is 4.43 Å². The van der Waals surface area contributed by atoms with Gasteiger partial charge in [0.25, 0.3) is 0 Å². The van der Waals surface area contributed by atoms with E-state index in [0.29, 0.717) is 0 Å². The third-order valence-corrected chi connectivity index (χ3v) is 3.70. The first-order chi connectivity index (χ1) is 5.29. The van der Waals surface area contributed by atoms with Gasteiger partial charge in [-0.05, 0) is 11.8 Å². The van der Waals surface area contributed by atoms with Crippen LogP contribution in [0.25, 0.3) is 0 Å². The summed E-state index contributed by atoms with van der Waals surface area (Å²) in [4.78, 5) is 0. The normalized spacial score (nSPS) is 16.4. The molecule has 0 radical (unpaired) electrons. The van der Waals surface area contributed by atoms with Gasteiger partial charge in [-0.15, -0.1) is 0 Å². The van der Waals surface area contributed by atoms with Crippen LogP contribution in [0.1, 0.15) is 46.5 Å². The molecule has 0 aliphatic rings. The summed E-state index contributed by atoms with van der Waals surface area (Å²) in [7, 11) is 0. The van der Waals surface area contributed by atoms with E-state index in [9.17, 15) is 0 Å². The maximum Gasteiger partial charge on any atom is 0.00262 e. The van der Waals surface area contributed by atoms with E-state index in [1.807, 2.05) is 0 Å². The first-order valence-electron chi connectivity index (χ1n) is 4.85. The largest absolute Gasteiger partial charge is 0.0861 e. The minimum atomic E-state index is 0.973. The highest BCUT2D eigenvalue weighted by Crippen LogP contribution is 2.25. The zero-order valence-electron chi connectivity index (χ0n) is 8.07. The van der Waals surface area contributed by atoms with Gasteiger partial charge in [0.1, 0.15) is 0 Å². The molecule has 0 aromatic rings. The monoisotopic (exact) mass is 268 g/mol. The molecule has 0 nitrogen and oxygen atoms in total. The quantitative estimate of drug-likeness (QED) is 0.498. The first kappa shape index (κ1) is 11.7. The second-order valence-corrected chi connectivity index (χ2v) is 4.16. The van der Waals surface area contributed by atoms with Crippen LogP contribution in [0.15, 0.2) is 0 Å². The maximum atomic E-state index is 2.53. The smallest absolute Gasteiger partial charge is 0.00262 e. The molecule has 2 atom stereocenters. The molecule has 0 bridgehead atoms. The minimum absolute atomic E-state index is 0.973. The van der Waals surface area contributed by atoms with Crippen LogP contribution in [-0.4, -0.2) is 4.43 Å². The van der Waals surface area contributed by atoms with Crippen molar-refractivity contribution >= 4 is 22.6 Å². The Kier molecular flexibility index (Phi) is 7.87. The number of hydrogen-bond donors (Lipinski definition) is 0. The van der Waals surface area contributed by atoms with Gasteiger partial charge in [0, 0.05) is 4.43 Å². The molecule has 0 saturated heterocycles. The van der Waals surface area contributed by atoms with Crippen molar-refractivity contribution < 1.29 is 0 Å². The Bertz CT molecular complexity index is 76.9. The van der Waals surface area contributed by atoms with Gasteiger partial charge in [-0.3, -0.25) is 0 Å².